The van der Waals surface area contributed by atoms with Crippen molar-refractivity contribution in [3.05, 3.63) is 65.5 Å². The molecular weight excluding hydrogens is 438 g/mol. The molecule has 1 N–H and O–H groups in total. The van der Waals surface area contributed by atoms with Crippen molar-refractivity contribution < 1.29 is 8.78 Å². The second kappa shape index (κ2) is 14.8. The first-order valence-corrected chi connectivity index (χ1v) is 13.8. The zero-order chi connectivity index (χ0) is 24.9. The van der Waals surface area contributed by atoms with Gasteiger partial charge in [0.2, 0.25) is 0 Å². The highest BCUT2D eigenvalue weighted by Crippen LogP contribution is 2.36. The Bertz CT molecular complexity index is 994. The molecule has 2 nitrogen and oxygen atoms in total. The highest BCUT2D eigenvalue weighted by atomic mass is 19.2. The molecule has 1 aromatic heterocycles. The standard InChI is InChI=1S/C31H42F2N2/c1-3-5-7-9-10-12-14-16-26-23-27(28(30(33)29(26)32)31-34-21-22-35-31)25-19-17-24(18-20-25)15-13-11-8-6-4-2/h17-23H,3-16H2,1-2H3,(H,34,35). The van der Waals surface area contributed by atoms with Crippen LogP contribution in [0.15, 0.2) is 42.7 Å². The Labute approximate surface area is 210 Å². The summed E-state index contributed by atoms with van der Waals surface area (Å²) in [6, 6.07) is 10.2. The number of benzene rings is 2. The van der Waals surface area contributed by atoms with Crippen LogP contribution in [0.25, 0.3) is 22.5 Å². The summed E-state index contributed by atoms with van der Waals surface area (Å²) in [5.74, 6) is -1.19. The Morgan fingerprint density at radius 2 is 1.31 bits per heavy atom. The molecule has 0 aliphatic rings. The van der Waals surface area contributed by atoms with Crippen molar-refractivity contribution in [2.24, 2.45) is 0 Å². The molecule has 4 heteroatoms. The highest BCUT2D eigenvalue weighted by Gasteiger charge is 2.22. The van der Waals surface area contributed by atoms with E-state index >= 15 is 8.78 Å². The number of rotatable bonds is 16. The highest BCUT2D eigenvalue weighted by molar-refractivity contribution is 5.82. The van der Waals surface area contributed by atoms with E-state index in [1.165, 1.54) is 63.4 Å². The molecule has 0 aliphatic carbocycles. The Morgan fingerprint density at radius 3 is 1.91 bits per heavy atom. The van der Waals surface area contributed by atoms with E-state index in [9.17, 15) is 0 Å². The van der Waals surface area contributed by atoms with Crippen LogP contribution in [-0.2, 0) is 12.8 Å². The molecule has 0 saturated heterocycles. The SMILES string of the molecule is CCCCCCCCCc1cc(-c2ccc(CCCCCCC)cc2)c(-c2ncc[nH]2)c(F)c1F. The lowest BCUT2D eigenvalue weighted by molar-refractivity contribution is 0.497. The van der Waals surface area contributed by atoms with Gasteiger partial charge in [-0.05, 0) is 54.0 Å². The first-order valence-electron chi connectivity index (χ1n) is 13.8. The fourth-order valence-corrected chi connectivity index (χ4v) is 4.78. The summed E-state index contributed by atoms with van der Waals surface area (Å²) in [6.45, 7) is 4.44. The third-order valence-electron chi connectivity index (χ3n) is 6.90. The summed E-state index contributed by atoms with van der Waals surface area (Å²) in [6.07, 6.45) is 19.2. The maximum atomic E-state index is 15.4. The summed E-state index contributed by atoms with van der Waals surface area (Å²) in [4.78, 5) is 7.20. The number of nitrogens with one attached hydrogen (secondary N) is 1. The molecule has 3 aromatic rings. The molecule has 1 heterocycles. The van der Waals surface area contributed by atoms with E-state index in [0.29, 0.717) is 23.4 Å². The molecule has 0 amide bonds. The van der Waals surface area contributed by atoms with E-state index < -0.39 is 11.6 Å². The summed E-state index contributed by atoms with van der Waals surface area (Å²) >= 11 is 0. The zero-order valence-corrected chi connectivity index (χ0v) is 21.6. The Morgan fingerprint density at radius 1 is 0.714 bits per heavy atom. The molecule has 0 spiro atoms. The number of hydrogen-bond acceptors (Lipinski definition) is 1. The lowest BCUT2D eigenvalue weighted by atomic mass is 9.92. The van der Waals surface area contributed by atoms with E-state index in [1.54, 1.807) is 12.4 Å². The van der Waals surface area contributed by atoms with Crippen LogP contribution < -0.4 is 0 Å². The molecule has 3 rings (SSSR count). The van der Waals surface area contributed by atoms with E-state index in [4.69, 9.17) is 0 Å². The van der Waals surface area contributed by atoms with E-state index in [2.05, 4.69) is 35.9 Å². The maximum Gasteiger partial charge on any atom is 0.170 e. The molecule has 190 valence electrons. The number of hydrogen-bond donors (Lipinski definition) is 1. The van der Waals surface area contributed by atoms with Gasteiger partial charge in [0.15, 0.2) is 11.6 Å². The molecule has 0 radical (unpaired) electrons. The predicted octanol–water partition coefficient (Wildman–Crippen LogP) is 9.83. The first-order chi connectivity index (χ1) is 17.2. The van der Waals surface area contributed by atoms with Crippen LogP contribution in [0.1, 0.15) is 102 Å². The minimum Gasteiger partial charge on any atom is -0.345 e. The average Bonchev–Trinajstić information content (AvgIpc) is 3.40. The molecule has 0 fully saturated rings. The van der Waals surface area contributed by atoms with Crippen LogP contribution in [-0.4, -0.2) is 9.97 Å². The van der Waals surface area contributed by atoms with Gasteiger partial charge in [0.1, 0.15) is 5.82 Å². The van der Waals surface area contributed by atoms with Crippen LogP contribution in [0, 0.1) is 11.6 Å². The van der Waals surface area contributed by atoms with Crippen LogP contribution >= 0.6 is 0 Å². The molecule has 0 atom stereocenters. The van der Waals surface area contributed by atoms with Gasteiger partial charge in [-0.2, -0.15) is 0 Å². The molecule has 35 heavy (non-hydrogen) atoms. The van der Waals surface area contributed by atoms with Crippen LogP contribution in [0.3, 0.4) is 0 Å². The molecule has 0 saturated carbocycles. The fourth-order valence-electron chi connectivity index (χ4n) is 4.78. The van der Waals surface area contributed by atoms with Crippen molar-refractivity contribution in [3.8, 4) is 22.5 Å². The molecular formula is C31H42F2N2. The van der Waals surface area contributed by atoms with Crippen molar-refractivity contribution in [3.63, 3.8) is 0 Å². The Balaban J connectivity index is 1.77. The van der Waals surface area contributed by atoms with Crippen molar-refractivity contribution in [2.75, 3.05) is 0 Å². The molecule has 2 aromatic carbocycles. The second-order valence-electron chi connectivity index (χ2n) is 9.76. The zero-order valence-electron chi connectivity index (χ0n) is 21.6. The van der Waals surface area contributed by atoms with Crippen LogP contribution in [0.5, 0.6) is 0 Å². The van der Waals surface area contributed by atoms with Gasteiger partial charge in [-0.25, -0.2) is 13.8 Å². The third-order valence-corrected chi connectivity index (χ3v) is 6.90. The van der Waals surface area contributed by atoms with Gasteiger partial charge < -0.3 is 4.98 Å². The minimum atomic E-state index is -0.810. The minimum absolute atomic E-state index is 0.211. The van der Waals surface area contributed by atoms with Gasteiger partial charge in [-0.15, -0.1) is 0 Å². The number of unbranched alkanes of at least 4 members (excludes halogenated alkanes) is 10. The van der Waals surface area contributed by atoms with Gasteiger partial charge in [0.05, 0.1) is 5.56 Å². The number of imidazole rings is 1. The van der Waals surface area contributed by atoms with Gasteiger partial charge in [0.25, 0.3) is 0 Å². The number of H-pyrrole nitrogens is 1. The quantitative estimate of drug-likeness (QED) is 0.203. The summed E-state index contributed by atoms with van der Waals surface area (Å²) in [5, 5.41) is 0. The summed E-state index contributed by atoms with van der Waals surface area (Å²) in [7, 11) is 0. The smallest absolute Gasteiger partial charge is 0.170 e. The fraction of sp³-hybridized carbons (Fsp3) is 0.516. The molecule has 0 aliphatic heterocycles. The van der Waals surface area contributed by atoms with Crippen molar-refractivity contribution >= 4 is 0 Å². The lowest BCUT2D eigenvalue weighted by Crippen LogP contribution is -2.02. The second-order valence-corrected chi connectivity index (χ2v) is 9.76. The van der Waals surface area contributed by atoms with Gasteiger partial charge in [-0.3, -0.25) is 0 Å². The maximum absolute atomic E-state index is 15.4. The number of nitrogens with zero attached hydrogens (tertiary/aromatic N) is 1. The topological polar surface area (TPSA) is 28.7 Å². The Kier molecular flexibility index (Phi) is 11.5. The van der Waals surface area contributed by atoms with Crippen LogP contribution in [0.4, 0.5) is 8.78 Å². The predicted molar refractivity (Wildman–Crippen MR) is 144 cm³/mol. The number of aryl methyl sites for hydroxylation is 2. The monoisotopic (exact) mass is 480 g/mol. The van der Waals surface area contributed by atoms with E-state index in [0.717, 1.165) is 31.2 Å². The average molecular weight is 481 g/mol. The van der Waals surface area contributed by atoms with Gasteiger partial charge >= 0.3 is 0 Å². The number of aromatic amines is 1. The Hall–Kier alpha value is -2.49. The van der Waals surface area contributed by atoms with E-state index in [1.807, 2.05) is 18.2 Å². The number of halogens is 2. The summed E-state index contributed by atoms with van der Waals surface area (Å²) < 4.78 is 30.5. The van der Waals surface area contributed by atoms with Crippen LogP contribution in [0.2, 0.25) is 0 Å². The van der Waals surface area contributed by atoms with Crippen molar-refractivity contribution in [1.29, 1.82) is 0 Å². The van der Waals surface area contributed by atoms with Crippen molar-refractivity contribution in [2.45, 2.75) is 104 Å². The van der Waals surface area contributed by atoms with Crippen molar-refractivity contribution in [1.82, 2.24) is 9.97 Å². The first kappa shape index (κ1) is 27.1. The van der Waals surface area contributed by atoms with Gasteiger partial charge in [0, 0.05) is 12.4 Å². The number of aromatic nitrogens is 2. The summed E-state index contributed by atoms with van der Waals surface area (Å²) in [5.41, 5.74) is 3.55. The largest absolute Gasteiger partial charge is 0.345 e. The van der Waals surface area contributed by atoms with Gasteiger partial charge in [-0.1, -0.05) is 102 Å². The normalized spacial score (nSPS) is 11.3. The molecule has 0 bridgehead atoms. The lowest BCUT2D eigenvalue weighted by Gasteiger charge is -2.15. The van der Waals surface area contributed by atoms with E-state index in [-0.39, 0.29) is 5.56 Å². The molecule has 0 unspecified atom stereocenters. The third kappa shape index (κ3) is 8.02.